The molecule has 15 heavy (non-hydrogen) atoms. The lowest BCUT2D eigenvalue weighted by atomic mass is 9.76. The van der Waals surface area contributed by atoms with E-state index in [2.05, 4.69) is 17.4 Å². The van der Waals surface area contributed by atoms with E-state index in [0.717, 1.165) is 24.1 Å². The Labute approximate surface area is 88.7 Å². The maximum Gasteiger partial charge on any atom is 0.228 e. The molecular weight excluding hydrogens is 188 g/mol. The van der Waals surface area contributed by atoms with E-state index in [4.69, 9.17) is 5.73 Å². The van der Waals surface area contributed by atoms with Crippen LogP contribution in [0.4, 0.5) is 5.69 Å². The van der Waals surface area contributed by atoms with E-state index < -0.39 is 0 Å². The number of benzene rings is 1. The average molecular weight is 202 g/mol. The zero-order chi connectivity index (χ0) is 10.4. The highest BCUT2D eigenvalue weighted by Gasteiger charge is 2.28. The Morgan fingerprint density at radius 1 is 1.33 bits per heavy atom. The van der Waals surface area contributed by atoms with Gasteiger partial charge in [-0.15, -0.1) is 0 Å². The van der Waals surface area contributed by atoms with Gasteiger partial charge in [0.1, 0.15) is 0 Å². The minimum atomic E-state index is 0.104. The van der Waals surface area contributed by atoms with Gasteiger partial charge in [0, 0.05) is 11.7 Å². The highest BCUT2D eigenvalue weighted by atomic mass is 16.1. The number of rotatable bonds is 1. The molecule has 3 rings (SSSR count). The van der Waals surface area contributed by atoms with Crippen LogP contribution < -0.4 is 11.1 Å². The molecule has 78 valence electrons. The highest BCUT2D eigenvalue weighted by Crippen LogP contribution is 2.37. The number of carbonyl (C=O) groups is 1. The molecular formula is C12H14N2O. The van der Waals surface area contributed by atoms with E-state index >= 15 is 0 Å². The first kappa shape index (κ1) is 8.92. The van der Waals surface area contributed by atoms with Crippen LogP contribution in [-0.4, -0.2) is 11.9 Å². The van der Waals surface area contributed by atoms with Crippen molar-refractivity contribution in [3.05, 3.63) is 29.3 Å². The summed E-state index contributed by atoms with van der Waals surface area (Å²) in [7, 11) is 0. The number of hydrogen-bond acceptors (Lipinski definition) is 2. The number of hydrogen-bond donors (Lipinski definition) is 2. The molecule has 0 atom stereocenters. The van der Waals surface area contributed by atoms with Crippen molar-refractivity contribution in [1.82, 2.24) is 0 Å². The van der Waals surface area contributed by atoms with Crippen molar-refractivity contribution in [2.75, 3.05) is 5.32 Å². The molecule has 2 aliphatic rings. The van der Waals surface area contributed by atoms with E-state index in [-0.39, 0.29) is 5.91 Å². The Morgan fingerprint density at radius 3 is 2.87 bits per heavy atom. The largest absolute Gasteiger partial charge is 0.328 e. The smallest absolute Gasteiger partial charge is 0.228 e. The summed E-state index contributed by atoms with van der Waals surface area (Å²) < 4.78 is 0. The Balaban J connectivity index is 1.87. The molecule has 0 radical (unpaired) electrons. The first-order chi connectivity index (χ1) is 7.22. The molecule has 0 unspecified atom stereocenters. The predicted molar refractivity (Wildman–Crippen MR) is 58.7 cm³/mol. The summed E-state index contributed by atoms with van der Waals surface area (Å²) in [5, 5.41) is 2.84. The van der Waals surface area contributed by atoms with Crippen molar-refractivity contribution in [3.63, 3.8) is 0 Å². The first-order valence-electron chi connectivity index (χ1n) is 5.40. The first-order valence-corrected chi connectivity index (χ1v) is 5.40. The molecule has 0 spiro atoms. The molecule has 0 saturated heterocycles. The lowest BCUT2D eigenvalue weighted by molar-refractivity contribution is -0.115. The summed E-state index contributed by atoms with van der Waals surface area (Å²) in [5.74, 6) is 0.716. The topological polar surface area (TPSA) is 55.1 Å². The van der Waals surface area contributed by atoms with Crippen LogP contribution in [-0.2, 0) is 11.2 Å². The molecule has 1 aliphatic heterocycles. The number of fused-ring (bicyclic) bond motifs is 1. The standard InChI is InChI=1S/C12H14N2O/c13-10-4-8(5-10)7-1-2-11-9(3-7)6-12(15)14-11/h1-3,8,10H,4-6,13H2,(H,14,15). The van der Waals surface area contributed by atoms with E-state index in [0.29, 0.717) is 18.4 Å². The minimum absolute atomic E-state index is 0.104. The maximum absolute atomic E-state index is 11.2. The van der Waals surface area contributed by atoms with Crippen LogP contribution in [0.5, 0.6) is 0 Å². The van der Waals surface area contributed by atoms with Crippen molar-refractivity contribution in [2.24, 2.45) is 5.73 Å². The summed E-state index contributed by atoms with van der Waals surface area (Å²) in [6.07, 6.45) is 2.70. The van der Waals surface area contributed by atoms with E-state index in [9.17, 15) is 4.79 Å². The fourth-order valence-corrected chi connectivity index (χ4v) is 2.44. The number of amides is 1. The average Bonchev–Trinajstić information content (AvgIpc) is 2.52. The van der Waals surface area contributed by atoms with Crippen LogP contribution in [0.25, 0.3) is 0 Å². The third-order valence-electron chi connectivity index (χ3n) is 3.40. The van der Waals surface area contributed by atoms with Crippen molar-refractivity contribution in [3.8, 4) is 0 Å². The molecule has 0 bridgehead atoms. The van der Waals surface area contributed by atoms with Crippen LogP contribution >= 0.6 is 0 Å². The van der Waals surface area contributed by atoms with Gasteiger partial charge in [0.15, 0.2) is 0 Å². The highest BCUT2D eigenvalue weighted by molar-refractivity contribution is 5.99. The van der Waals surface area contributed by atoms with Crippen molar-refractivity contribution in [1.29, 1.82) is 0 Å². The molecule has 1 amide bonds. The minimum Gasteiger partial charge on any atom is -0.328 e. The van der Waals surface area contributed by atoms with Crippen molar-refractivity contribution >= 4 is 11.6 Å². The van der Waals surface area contributed by atoms with Gasteiger partial charge < -0.3 is 11.1 Å². The molecule has 1 aromatic carbocycles. The number of nitrogens with two attached hydrogens (primary N) is 1. The molecule has 3 nitrogen and oxygen atoms in total. The van der Waals surface area contributed by atoms with Crippen LogP contribution in [0, 0.1) is 0 Å². The zero-order valence-electron chi connectivity index (χ0n) is 8.49. The van der Waals surface area contributed by atoms with Gasteiger partial charge >= 0.3 is 0 Å². The second-order valence-electron chi connectivity index (χ2n) is 4.57. The fraction of sp³-hybridized carbons (Fsp3) is 0.417. The molecule has 3 heteroatoms. The lowest BCUT2D eigenvalue weighted by Crippen LogP contribution is -2.34. The van der Waals surface area contributed by atoms with Gasteiger partial charge in [-0.25, -0.2) is 0 Å². The Kier molecular flexibility index (Phi) is 1.83. The quantitative estimate of drug-likeness (QED) is 0.723. The van der Waals surface area contributed by atoms with Crippen LogP contribution in [0.2, 0.25) is 0 Å². The summed E-state index contributed by atoms with van der Waals surface area (Å²) in [5.41, 5.74) is 9.23. The monoisotopic (exact) mass is 202 g/mol. The van der Waals surface area contributed by atoms with Crippen LogP contribution in [0.1, 0.15) is 29.9 Å². The summed E-state index contributed by atoms with van der Waals surface area (Å²) in [6.45, 7) is 0. The summed E-state index contributed by atoms with van der Waals surface area (Å²) in [4.78, 5) is 11.2. The number of carbonyl (C=O) groups excluding carboxylic acids is 1. The molecule has 0 aromatic heterocycles. The van der Waals surface area contributed by atoms with E-state index in [1.807, 2.05) is 6.07 Å². The third-order valence-corrected chi connectivity index (χ3v) is 3.40. The van der Waals surface area contributed by atoms with Gasteiger partial charge in [0.2, 0.25) is 5.91 Å². The molecule has 1 fully saturated rings. The van der Waals surface area contributed by atoms with Crippen LogP contribution in [0.3, 0.4) is 0 Å². The maximum atomic E-state index is 11.2. The zero-order valence-corrected chi connectivity index (χ0v) is 8.49. The van der Waals surface area contributed by atoms with Gasteiger partial charge in [-0.05, 0) is 36.0 Å². The molecule has 1 aliphatic carbocycles. The lowest BCUT2D eigenvalue weighted by Gasteiger charge is -2.33. The molecule has 1 saturated carbocycles. The Bertz CT molecular complexity index is 422. The van der Waals surface area contributed by atoms with Gasteiger partial charge in [-0.2, -0.15) is 0 Å². The Hall–Kier alpha value is -1.35. The van der Waals surface area contributed by atoms with E-state index in [1.54, 1.807) is 0 Å². The number of nitrogens with one attached hydrogen (secondary N) is 1. The van der Waals surface area contributed by atoms with Crippen LogP contribution in [0.15, 0.2) is 18.2 Å². The summed E-state index contributed by atoms with van der Waals surface area (Å²) >= 11 is 0. The number of anilines is 1. The van der Waals surface area contributed by atoms with Crippen molar-refractivity contribution < 1.29 is 4.79 Å². The second kappa shape index (κ2) is 3.07. The van der Waals surface area contributed by atoms with Crippen molar-refractivity contribution in [2.45, 2.75) is 31.2 Å². The third kappa shape index (κ3) is 1.43. The second-order valence-corrected chi connectivity index (χ2v) is 4.57. The fourth-order valence-electron chi connectivity index (χ4n) is 2.44. The van der Waals surface area contributed by atoms with Gasteiger partial charge in [0.25, 0.3) is 0 Å². The Morgan fingerprint density at radius 2 is 2.13 bits per heavy atom. The summed E-state index contributed by atoms with van der Waals surface area (Å²) in [6, 6.07) is 6.66. The van der Waals surface area contributed by atoms with Gasteiger partial charge in [-0.1, -0.05) is 12.1 Å². The molecule has 1 heterocycles. The van der Waals surface area contributed by atoms with Gasteiger partial charge in [-0.3, -0.25) is 4.79 Å². The van der Waals surface area contributed by atoms with Gasteiger partial charge in [0.05, 0.1) is 6.42 Å². The SMILES string of the molecule is NC1CC(c2ccc3c(c2)CC(=O)N3)C1. The van der Waals surface area contributed by atoms with E-state index in [1.165, 1.54) is 5.56 Å². The normalized spacial score (nSPS) is 28.2. The molecule has 3 N–H and O–H groups in total. The predicted octanol–water partition coefficient (Wildman–Crippen LogP) is 1.39. The molecule has 1 aromatic rings.